The largest absolute Gasteiger partial charge is 0.480 e. The number of carbonyl (C=O) groups excluding carboxylic acids is 2. The number of hydrogen-bond acceptors (Lipinski definition) is 5. The molecule has 1 heterocycles. The molecule has 2 N–H and O–H groups in total. The van der Waals surface area contributed by atoms with Crippen LogP contribution in [0.2, 0.25) is 0 Å². The van der Waals surface area contributed by atoms with Gasteiger partial charge in [-0.1, -0.05) is 48.5 Å². The number of amides is 2. The molecule has 0 saturated carbocycles. The van der Waals surface area contributed by atoms with Gasteiger partial charge in [-0.15, -0.1) is 0 Å². The van der Waals surface area contributed by atoms with E-state index in [9.17, 15) is 19.5 Å². The fraction of sp³-hybridized carbons (Fsp3) is 0.375. The lowest BCUT2D eigenvalue weighted by atomic mass is 9.98. The van der Waals surface area contributed by atoms with Gasteiger partial charge in [0.1, 0.15) is 18.7 Å². The topological polar surface area (TPSA) is 105 Å². The second-order valence-corrected chi connectivity index (χ2v) is 8.01. The summed E-state index contributed by atoms with van der Waals surface area (Å²) in [7, 11) is 1.42. The number of aliphatic carboxylic acids is 1. The maximum absolute atomic E-state index is 12.9. The Kier molecular flexibility index (Phi) is 6.41. The van der Waals surface area contributed by atoms with Crippen molar-refractivity contribution in [2.45, 2.75) is 30.8 Å². The number of carboxylic acid groups (broad SMARTS) is 1. The Bertz CT molecular complexity index is 978. The molecule has 2 atom stereocenters. The van der Waals surface area contributed by atoms with Gasteiger partial charge < -0.3 is 24.8 Å². The van der Waals surface area contributed by atoms with Gasteiger partial charge in [0.25, 0.3) is 0 Å². The minimum atomic E-state index is -1.05. The Morgan fingerprint density at radius 2 is 1.72 bits per heavy atom. The number of benzene rings is 2. The van der Waals surface area contributed by atoms with Crippen LogP contribution in [0, 0.1) is 0 Å². The molecule has 1 fully saturated rings. The normalized spacial score (nSPS) is 18.0. The summed E-state index contributed by atoms with van der Waals surface area (Å²) in [5.41, 5.74) is 4.43. The Morgan fingerprint density at radius 3 is 2.31 bits per heavy atom. The lowest BCUT2D eigenvalue weighted by molar-refractivity contribution is -0.149. The van der Waals surface area contributed by atoms with E-state index >= 15 is 0 Å². The maximum Gasteiger partial charge on any atom is 0.407 e. The molecule has 0 aromatic heterocycles. The number of rotatable bonds is 7. The lowest BCUT2D eigenvalue weighted by Gasteiger charge is -2.27. The zero-order chi connectivity index (χ0) is 22.7. The smallest absolute Gasteiger partial charge is 0.407 e. The number of ether oxygens (including phenoxy) is 2. The number of nitrogens with one attached hydrogen (secondary N) is 1. The highest BCUT2D eigenvalue weighted by Gasteiger charge is 2.38. The van der Waals surface area contributed by atoms with Gasteiger partial charge in [-0.3, -0.25) is 4.79 Å². The van der Waals surface area contributed by atoms with Gasteiger partial charge in [0.05, 0.1) is 6.61 Å². The quantitative estimate of drug-likeness (QED) is 0.689. The Morgan fingerprint density at radius 1 is 1.09 bits per heavy atom. The van der Waals surface area contributed by atoms with E-state index in [1.807, 2.05) is 36.4 Å². The van der Waals surface area contributed by atoms with E-state index in [1.165, 1.54) is 12.0 Å². The molecule has 2 aromatic carbocycles. The molecule has 0 bridgehead atoms. The molecule has 8 heteroatoms. The Balaban J connectivity index is 1.42. The summed E-state index contributed by atoms with van der Waals surface area (Å²) in [6.07, 6.45) is 0.257. The Hall–Kier alpha value is -3.39. The van der Waals surface area contributed by atoms with Crippen LogP contribution in [0.15, 0.2) is 48.5 Å². The van der Waals surface area contributed by atoms with Crippen molar-refractivity contribution in [1.29, 1.82) is 0 Å². The Labute approximate surface area is 186 Å². The van der Waals surface area contributed by atoms with E-state index < -0.39 is 30.1 Å². The van der Waals surface area contributed by atoms with Crippen molar-refractivity contribution in [1.82, 2.24) is 10.2 Å². The molecule has 2 aliphatic rings. The average molecular weight is 438 g/mol. The maximum atomic E-state index is 12.9. The summed E-state index contributed by atoms with van der Waals surface area (Å²) < 4.78 is 10.6. The second kappa shape index (κ2) is 9.40. The molecule has 4 rings (SSSR count). The molecule has 0 spiro atoms. The van der Waals surface area contributed by atoms with Crippen LogP contribution >= 0.6 is 0 Å². The SMILES string of the molecule is COC[C@H](NC(=O)OCC1c2ccccc2-c2ccccc21)C(=O)N1CCCC1C(=O)O. The number of likely N-dealkylation sites (tertiary alicyclic amines) is 1. The van der Waals surface area contributed by atoms with Crippen molar-refractivity contribution in [3.8, 4) is 11.1 Å². The zero-order valence-electron chi connectivity index (χ0n) is 17.8. The van der Waals surface area contributed by atoms with E-state index in [0.717, 1.165) is 22.3 Å². The predicted molar refractivity (Wildman–Crippen MR) is 116 cm³/mol. The average Bonchev–Trinajstić information content (AvgIpc) is 3.40. The summed E-state index contributed by atoms with van der Waals surface area (Å²) in [4.78, 5) is 38.2. The summed E-state index contributed by atoms with van der Waals surface area (Å²) in [5.74, 6) is -1.63. The number of nitrogens with zero attached hydrogens (tertiary/aromatic N) is 1. The van der Waals surface area contributed by atoms with E-state index in [1.54, 1.807) is 0 Å². The third kappa shape index (κ3) is 4.18. The van der Waals surface area contributed by atoms with Gasteiger partial charge in [-0.05, 0) is 35.1 Å². The van der Waals surface area contributed by atoms with Gasteiger partial charge in [0, 0.05) is 19.6 Å². The van der Waals surface area contributed by atoms with Crippen molar-refractivity contribution < 1.29 is 29.0 Å². The van der Waals surface area contributed by atoms with Gasteiger partial charge in [-0.2, -0.15) is 0 Å². The molecule has 168 valence electrons. The van der Waals surface area contributed by atoms with Crippen LogP contribution < -0.4 is 5.32 Å². The standard InChI is InChI=1S/C24H26N2O6/c1-31-14-20(22(27)26-12-6-11-21(26)23(28)29)25-24(30)32-13-19-17-9-4-2-7-15(17)16-8-3-5-10-18(16)19/h2-5,7-10,19-21H,6,11-14H2,1H3,(H,25,30)(H,28,29)/t20-,21?/m0/s1. The second-order valence-electron chi connectivity index (χ2n) is 8.01. The summed E-state index contributed by atoms with van der Waals surface area (Å²) >= 11 is 0. The van der Waals surface area contributed by atoms with Crippen LogP contribution in [0.5, 0.6) is 0 Å². The van der Waals surface area contributed by atoms with Crippen LogP contribution in [0.1, 0.15) is 29.9 Å². The molecule has 2 aromatic rings. The number of methoxy groups -OCH3 is 1. The monoisotopic (exact) mass is 438 g/mol. The highest BCUT2D eigenvalue weighted by molar-refractivity contribution is 5.90. The molecule has 1 saturated heterocycles. The third-order valence-corrected chi connectivity index (χ3v) is 6.09. The van der Waals surface area contributed by atoms with Crippen LogP contribution in [0.3, 0.4) is 0 Å². The van der Waals surface area contributed by atoms with Gasteiger partial charge in [0.2, 0.25) is 5.91 Å². The molecule has 0 radical (unpaired) electrons. The van der Waals surface area contributed by atoms with Crippen LogP contribution in [-0.2, 0) is 19.1 Å². The third-order valence-electron chi connectivity index (χ3n) is 6.09. The van der Waals surface area contributed by atoms with E-state index in [4.69, 9.17) is 9.47 Å². The van der Waals surface area contributed by atoms with Crippen LogP contribution in [-0.4, -0.2) is 66.9 Å². The predicted octanol–water partition coefficient (Wildman–Crippen LogP) is 2.62. The molecular formula is C24H26N2O6. The molecule has 2 amide bonds. The first-order chi connectivity index (χ1) is 15.5. The molecule has 1 aliphatic carbocycles. The highest BCUT2D eigenvalue weighted by Crippen LogP contribution is 2.44. The first-order valence-electron chi connectivity index (χ1n) is 10.6. The van der Waals surface area contributed by atoms with Crippen LogP contribution in [0.25, 0.3) is 11.1 Å². The number of hydrogen-bond donors (Lipinski definition) is 2. The van der Waals surface area contributed by atoms with Gasteiger partial charge >= 0.3 is 12.1 Å². The first-order valence-corrected chi connectivity index (χ1v) is 10.6. The zero-order valence-corrected chi connectivity index (χ0v) is 17.8. The molecular weight excluding hydrogens is 412 g/mol. The minimum Gasteiger partial charge on any atom is -0.480 e. The number of carbonyl (C=O) groups is 3. The molecule has 8 nitrogen and oxygen atoms in total. The molecule has 1 aliphatic heterocycles. The first kappa shape index (κ1) is 21.8. The molecule has 1 unspecified atom stereocenters. The van der Waals surface area contributed by atoms with Crippen molar-refractivity contribution in [2.24, 2.45) is 0 Å². The fourth-order valence-electron chi connectivity index (χ4n) is 4.61. The van der Waals surface area contributed by atoms with Crippen LogP contribution in [0.4, 0.5) is 4.79 Å². The van der Waals surface area contributed by atoms with E-state index in [2.05, 4.69) is 17.4 Å². The summed E-state index contributed by atoms with van der Waals surface area (Å²) in [6.45, 7) is 0.378. The highest BCUT2D eigenvalue weighted by atomic mass is 16.5. The fourth-order valence-corrected chi connectivity index (χ4v) is 4.61. The minimum absolute atomic E-state index is 0.0775. The van der Waals surface area contributed by atoms with Crippen molar-refractivity contribution in [2.75, 3.05) is 26.9 Å². The number of carboxylic acids is 1. The summed E-state index contributed by atoms with van der Waals surface area (Å²) in [5, 5.41) is 11.9. The van der Waals surface area contributed by atoms with E-state index in [-0.39, 0.29) is 19.1 Å². The van der Waals surface area contributed by atoms with Gasteiger partial charge in [-0.25, -0.2) is 9.59 Å². The van der Waals surface area contributed by atoms with Gasteiger partial charge in [0.15, 0.2) is 0 Å². The van der Waals surface area contributed by atoms with Crippen molar-refractivity contribution in [3.63, 3.8) is 0 Å². The van der Waals surface area contributed by atoms with Crippen molar-refractivity contribution >= 4 is 18.0 Å². The lowest BCUT2D eigenvalue weighted by Crippen LogP contribution is -2.53. The molecule has 32 heavy (non-hydrogen) atoms. The van der Waals surface area contributed by atoms with E-state index in [0.29, 0.717) is 19.4 Å². The number of fused-ring (bicyclic) bond motifs is 3. The summed E-state index contributed by atoms with van der Waals surface area (Å²) in [6, 6.07) is 14.1. The number of alkyl carbamates (subject to hydrolysis) is 1. The van der Waals surface area contributed by atoms with Crippen molar-refractivity contribution in [3.05, 3.63) is 59.7 Å².